The van der Waals surface area contributed by atoms with Crippen LogP contribution in [-0.4, -0.2) is 32.2 Å². The van der Waals surface area contributed by atoms with Crippen LogP contribution in [0.3, 0.4) is 0 Å². The van der Waals surface area contributed by atoms with Crippen LogP contribution in [0.1, 0.15) is 12.5 Å². The van der Waals surface area contributed by atoms with Crippen molar-refractivity contribution in [1.29, 1.82) is 0 Å². The maximum absolute atomic E-state index is 3.49. The number of hydrogen-bond donors (Lipinski definition) is 1. The van der Waals surface area contributed by atoms with E-state index in [-0.39, 0.29) is 24.8 Å². The summed E-state index contributed by atoms with van der Waals surface area (Å²) in [6.07, 6.45) is 0. The minimum atomic E-state index is 0. The first-order chi connectivity index (χ1) is 6.49. The van der Waals surface area contributed by atoms with Crippen molar-refractivity contribution >= 4 is 0 Å². The Kier molecular flexibility index (Phi) is 14.8. The Morgan fingerprint density at radius 1 is 1.00 bits per heavy atom. The van der Waals surface area contributed by atoms with Crippen LogP contribution in [0.15, 0.2) is 30.3 Å². The van der Waals surface area contributed by atoms with E-state index in [0.29, 0.717) is 0 Å². The summed E-state index contributed by atoms with van der Waals surface area (Å²) in [5.74, 6) is 0. The summed E-state index contributed by atoms with van der Waals surface area (Å²) in [5, 5.41) is 0. The maximum atomic E-state index is 3.49. The Morgan fingerprint density at radius 2 is 1.38 bits per heavy atom. The molecule has 0 heterocycles. The second-order valence-electron chi connectivity index (χ2n) is 4.43. The molecule has 96 valence electrons. The molecule has 0 aromatic heterocycles. The molecule has 0 atom stereocenters. The van der Waals surface area contributed by atoms with E-state index >= 15 is 0 Å². The van der Waals surface area contributed by atoms with Gasteiger partial charge in [-0.05, 0) is 6.92 Å². The maximum Gasteiger partial charge on any atom is 0.104 e. The fraction of sp³-hybridized carbons (Fsp3) is 0.500. The first-order valence-corrected chi connectivity index (χ1v) is 5.13. The van der Waals surface area contributed by atoms with Gasteiger partial charge in [0.15, 0.2) is 0 Å². The number of nitrogens with zero attached hydrogens (tertiary/aromatic N) is 1. The molecule has 3 N–H and O–H groups in total. The Balaban J connectivity index is -0.000000306. The van der Waals surface area contributed by atoms with Gasteiger partial charge in [-0.3, -0.25) is 0 Å². The van der Waals surface area contributed by atoms with Gasteiger partial charge < -0.3 is 35.0 Å². The van der Waals surface area contributed by atoms with Gasteiger partial charge in [0.1, 0.15) is 6.54 Å². The molecular weight excluding hydrogens is 243 g/mol. The van der Waals surface area contributed by atoms with Crippen molar-refractivity contribution in [3.63, 3.8) is 0 Å². The molecule has 0 unspecified atom stereocenters. The Morgan fingerprint density at radius 3 is 1.69 bits per heavy atom. The monoisotopic (exact) mass is 266 g/mol. The third-order valence-electron chi connectivity index (χ3n) is 1.50. The summed E-state index contributed by atoms with van der Waals surface area (Å²) in [6.45, 7) is 4.11. The summed E-state index contributed by atoms with van der Waals surface area (Å²) >= 11 is 0. The van der Waals surface area contributed by atoms with E-state index in [2.05, 4.69) is 57.2 Å². The van der Waals surface area contributed by atoms with Crippen LogP contribution in [0.25, 0.3) is 0 Å². The number of hydrogen-bond acceptors (Lipinski definition) is 0. The van der Waals surface area contributed by atoms with Gasteiger partial charge in [-0.2, -0.15) is 0 Å². The van der Waals surface area contributed by atoms with Gasteiger partial charge in [0.25, 0.3) is 0 Å². The molecule has 16 heavy (non-hydrogen) atoms. The largest absolute Gasteiger partial charge is 1.00 e. The topological polar surface area (TPSA) is 27.6 Å². The molecule has 0 spiro atoms. The molecule has 0 saturated carbocycles. The van der Waals surface area contributed by atoms with Crippen molar-refractivity contribution in [2.45, 2.75) is 13.5 Å². The molecule has 2 nitrogen and oxygen atoms in total. The fourth-order valence-corrected chi connectivity index (χ4v) is 1.13. The third kappa shape index (κ3) is 13.7. The molecule has 0 aliphatic heterocycles. The van der Waals surface area contributed by atoms with E-state index in [9.17, 15) is 0 Å². The molecule has 1 rings (SSSR count). The normalized spacial score (nSPS) is 9.06. The van der Waals surface area contributed by atoms with Gasteiger partial charge >= 0.3 is 0 Å². The summed E-state index contributed by atoms with van der Waals surface area (Å²) in [7, 11) is 6.60. The summed E-state index contributed by atoms with van der Waals surface area (Å²) in [4.78, 5) is 0. The molecule has 1 aromatic rings. The zero-order valence-corrected chi connectivity index (χ0v) is 12.2. The summed E-state index contributed by atoms with van der Waals surface area (Å²) in [5.41, 5.74) is 4.89. The number of halogens is 2. The summed E-state index contributed by atoms with van der Waals surface area (Å²) < 4.78 is 0.990. The number of benzene rings is 1. The van der Waals surface area contributed by atoms with Gasteiger partial charge in [0, 0.05) is 5.56 Å². The second-order valence-corrected chi connectivity index (χ2v) is 4.43. The highest BCUT2D eigenvalue weighted by Crippen LogP contribution is 2.04. The van der Waals surface area contributed by atoms with Crippen LogP contribution in [0.5, 0.6) is 0 Å². The zero-order chi connectivity index (χ0) is 11.0. The van der Waals surface area contributed by atoms with E-state index in [1.165, 1.54) is 5.56 Å². The van der Waals surface area contributed by atoms with E-state index in [1.807, 2.05) is 6.92 Å². The first kappa shape index (κ1) is 21.1. The van der Waals surface area contributed by atoms with Crippen molar-refractivity contribution in [1.82, 2.24) is 0 Å². The van der Waals surface area contributed by atoms with Crippen LogP contribution in [0.2, 0.25) is 0 Å². The van der Waals surface area contributed by atoms with E-state index in [4.69, 9.17) is 0 Å². The highest BCUT2D eigenvalue weighted by molar-refractivity contribution is 5.13. The Hall–Kier alpha value is -0.280. The Bertz CT molecular complexity index is 233. The van der Waals surface area contributed by atoms with Gasteiger partial charge in [-0.25, -0.2) is 0 Å². The average Bonchev–Trinajstić information content (AvgIpc) is 2.04. The van der Waals surface area contributed by atoms with Crippen molar-refractivity contribution in [3.8, 4) is 0 Å². The van der Waals surface area contributed by atoms with Crippen LogP contribution in [0.4, 0.5) is 0 Å². The highest BCUT2D eigenvalue weighted by atomic mass is 35.5. The molecule has 0 bridgehead atoms. The van der Waals surface area contributed by atoms with E-state index in [0.717, 1.165) is 17.6 Å². The first-order valence-electron chi connectivity index (χ1n) is 5.13. The van der Waals surface area contributed by atoms with Crippen molar-refractivity contribution in [3.05, 3.63) is 35.9 Å². The summed E-state index contributed by atoms with van der Waals surface area (Å²) in [6, 6.07) is 10.6. The average molecular weight is 267 g/mol. The third-order valence-corrected chi connectivity index (χ3v) is 1.50. The molecule has 1 aromatic carbocycles. The molecule has 0 aliphatic carbocycles. The highest BCUT2D eigenvalue weighted by Gasteiger charge is 2.06. The quantitative estimate of drug-likeness (QED) is 0.521. The van der Waals surface area contributed by atoms with Gasteiger partial charge in [-0.15, -0.1) is 0 Å². The molecule has 0 aliphatic rings. The molecular formula is C12H24Cl2N2. The standard InChI is InChI=1S/C10H16N.C2H7N.2ClH/c1-11(2,3)9-10-7-5-4-6-8-10;1-2-3;;/h4-8H,9H2,1-3H3;2-3H2,1H3;2*1H/q+1;;;/p-1. The minimum Gasteiger partial charge on any atom is -1.00 e. The van der Waals surface area contributed by atoms with E-state index < -0.39 is 0 Å². The van der Waals surface area contributed by atoms with Crippen molar-refractivity contribution < 1.29 is 35.0 Å². The van der Waals surface area contributed by atoms with Crippen LogP contribution in [0, 0.1) is 0 Å². The van der Waals surface area contributed by atoms with Crippen LogP contribution in [-0.2, 0) is 6.54 Å². The smallest absolute Gasteiger partial charge is 0.104 e. The lowest BCUT2D eigenvalue weighted by atomic mass is 10.2. The van der Waals surface area contributed by atoms with Gasteiger partial charge in [0.05, 0.1) is 27.7 Å². The van der Waals surface area contributed by atoms with Crippen LogP contribution >= 0.6 is 0 Å². The molecule has 0 amide bonds. The van der Waals surface area contributed by atoms with Crippen molar-refractivity contribution in [2.24, 2.45) is 0 Å². The zero-order valence-electron chi connectivity index (χ0n) is 10.7. The molecule has 4 heteroatoms. The SMILES string of the molecule is CC[NH3+].C[N+](C)(C)Cc1ccccc1.[Cl-].[Cl-]. The van der Waals surface area contributed by atoms with Crippen molar-refractivity contribution in [2.75, 3.05) is 27.7 Å². The minimum absolute atomic E-state index is 0. The van der Waals surface area contributed by atoms with Crippen LogP contribution < -0.4 is 30.5 Å². The van der Waals surface area contributed by atoms with Gasteiger partial charge in [0.2, 0.25) is 0 Å². The van der Waals surface area contributed by atoms with Gasteiger partial charge in [-0.1, -0.05) is 30.3 Å². The molecule has 0 radical (unpaired) electrons. The molecule has 0 saturated heterocycles. The predicted molar refractivity (Wildman–Crippen MR) is 61.6 cm³/mol. The molecule has 0 fully saturated rings. The number of quaternary nitrogens is 2. The lowest BCUT2D eigenvalue weighted by Crippen LogP contribution is -3.00. The second kappa shape index (κ2) is 11.2. The fourth-order valence-electron chi connectivity index (χ4n) is 1.13. The van der Waals surface area contributed by atoms with E-state index in [1.54, 1.807) is 0 Å². The lowest BCUT2D eigenvalue weighted by Gasteiger charge is -2.23. The lowest BCUT2D eigenvalue weighted by molar-refractivity contribution is -0.884. The Labute approximate surface area is 112 Å². The predicted octanol–water partition coefficient (Wildman–Crippen LogP) is -4.85. The number of rotatable bonds is 2.